The lowest BCUT2D eigenvalue weighted by Crippen LogP contribution is -2.24. The van der Waals surface area contributed by atoms with Crippen LogP contribution >= 0.6 is 0 Å². The average Bonchev–Trinajstić information content (AvgIpc) is 2.76. The first-order chi connectivity index (χ1) is 11.3. The molecule has 0 saturated heterocycles. The van der Waals surface area contributed by atoms with Crippen molar-refractivity contribution in [3.63, 3.8) is 0 Å². The summed E-state index contributed by atoms with van der Waals surface area (Å²) >= 11 is 0. The fraction of sp³-hybridized carbons (Fsp3) is 0.250. The first-order valence-electron chi connectivity index (χ1n) is 7.74. The minimum absolute atomic E-state index is 0.102. The van der Waals surface area contributed by atoms with Gasteiger partial charge in [0.2, 0.25) is 0 Å². The van der Waals surface area contributed by atoms with Gasteiger partial charge in [0.15, 0.2) is 0 Å². The van der Waals surface area contributed by atoms with Gasteiger partial charge in [-0.15, -0.1) is 6.58 Å². The number of methoxy groups -OCH3 is 1. The lowest BCUT2D eigenvalue weighted by molar-refractivity contribution is -0.145. The van der Waals surface area contributed by atoms with Crippen LogP contribution in [-0.2, 0) is 16.1 Å². The van der Waals surface area contributed by atoms with Gasteiger partial charge in [-0.1, -0.05) is 48.5 Å². The van der Waals surface area contributed by atoms with E-state index in [9.17, 15) is 4.79 Å². The quantitative estimate of drug-likeness (QED) is 0.631. The van der Waals surface area contributed by atoms with Crippen LogP contribution in [0.2, 0.25) is 0 Å². The number of hydrogen-bond donors (Lipinski definition) is 0. The Morgan fingerprint density at radius 3 is 2.70 bits per heavy atom. The van der Waals surface area contributed by atoms with E-state index in [1.807, 2.05) is 36.4 Å². The molecule has 0 N–H and O–H groups in total. The molecule has 2 atom stereocenters. The van der Waals surface area contributed by atoms with Crippen LogP contribution in [0.25, 0.3) is 0 Å². The van der Waals surface area contributed by atoms with Crippen molar-refractivity contribution in [2.24, 2.45) is 5.92 Å². The van der Waals surface area contributed by atoms with E-state index in [1.165, 1.54) is 7.11 Å². The second-order valence-corrected chi connectivity index (χ2v) is 5.66. The van der Waals surface area contributed by atoms with Gasteiger partial charge in [0, 0.05) is 11.5 Å². The molecule has 3 nitrogen and oxygen atoms in total. The number of para-hydroxylation sites is 1. The summed E-state index contributed by atoms with van der Waals surface area (Å²) in [7, 11) is 1.43. The van der Waals surface area contributed by atoms with Gasteiger partial charge in [0.1, 0.15) is 12.4 Å². The SMILES string of the molecule is C=CCC(C(=O)OC)C1c2ccccc2COc2ccccc21. The number of esters is 1. The van der Waals surface area contributed by atoms with E-state index >= 15 is 0 Å². The van der Waals surface area contributed by atoms with Crippen LogP contribution in [0.15, 0.2) is 61.2 Å². The van der Waals surface area contributed by atoms with Gasteiger partial charge in [-0.3, -0.25) is 4.79 Å². The van der Waals surface area contributed by atoms with E-state index in [2.05, 4.69) is 18.7 Å². The predicted molar refractivity (Wildman–Crippen MR) is 89.4 cm³/mol. The Hall–Kier alpha value is -2.55. The summed E-state index contributed by atoms with van der Waals surface area (Å²) in [6.07, 6.45) is 2.33. The fourth-order valence-electron chi connectivity index (χ4n) is 3.29. The van der Waals surface area contributed by atoms with Crippen molar-refractivity contribution in [1.82, 2.24) is 0 Å². The van der Waals surface area contributed by atoms with Crippen molar-refractivity contribution in [1.29, 1.82) is 0 Å². The summed E-state index contributed by atoms with van der Waals surface area (Å²) in [5.41, 5.74) is 3.25. The summed E-state index contributed by atoms with van der Waals surface area (Å²) in [5, 5.41) is 0. The van der Waals surface area contributed by atoms with Crippen molar-refractivity contribution in [2.45, 2.75) is 18.9 Å². The predicted octanol–water partition coefficient (Wildman–Crippen LogP) is 4.08. The fourth-order valence-corrected chi connectivity index (χ4v) is 3.29. The van der Waals surface area contributed by atoms with Crippen molar-refractivity contribution >= 4 is 5.97 Å². The number of carbonyl (C=O) groups is 1. The molecule has 1 heterocycles. The monoisotopic (exact) mass is 308 g/mol. The minimum atomic E-state index is -0.318. The van der Waals surface area contributed by atoms with E-state index in [0.717, 1.165) is 22.4 Å². The molecule has 2 aromatic carbocycles. The van der Waals surface area contributed by atoms with Crippen LogP contribution in [0.1, 0.15) is 29.0 Å². The molecule has 1 aliphatic rings. The Morgan fingerprint density at radius 1 is 1.26 bits per heavy atom. The largest absolute Gasteiger partial charge is 0.489 e. The Kier molecular flexibility index (Phi) is 4.47. The highest BCUT2D eigenvalue weighted by Gasteiger charge is 2.35. The minimum Gasteiger partial charge on any atom is -0.489 e. The van der Waals surface area contributed by atoms with Gasteiger partial charge >= 0.3 is 5.97 Å². The lowest BCUT2D eigenvalue weighted by atomic mass is 9.77. The molecule has 118 valence electrons. The third-order valence-corrected chi connectivity index (χ3v) is 4.35. The van der Waals surface area contributed by atoms with E-state index in [-0.39, 0.29) is 17.8 Å². The molecule has 0 aromatic heterocycles. The maximum atomic E-state index is 12.4. The van der Waals surface area contributed by atoms with Crippen LogP contribution in [0.4, 0.5) is 0 Å². The van der Waals surface area contributed by atoms with E-state index in [0.29, 0.717) is 13.0 Å². The Balaban J connectivity index is 2.19. The molecular formula is C20H20O3. The molecule has 0 spiro atoms. The highest BCUT2D eigenvalue weighted by molar-refractivity contribution is 5.75. The molecule has 2 unspecified atom stereocenters. The first kappa shape index (κ1) is 15.3. The molecule has 0 radical (unpaired) electrons. The number of ether oxygens (including phenoxy) is 2. The summed E-state index contributed by atoms with van der Waals surface area (Å²) in [5.74, 6) is 0.185. The second-order valence-electron chi connectivity index (χ2n) is 5.66. The molecule has 0 fully saturated rings. The highest BCUT2D eigenvalue weighted by Crippen LogP contribution is 2.43. The topological polar surface area (TPSA) is 35.5 Å². The Labute approximate surface area is 136 Å². The maximum absolute atomic E-state index is 12.4. The third kappa shape index (κ3) is 2.87. The van der Waals surface area contributed by atoms with Crippen LogP contribution in [0, 0.1) is 5.92 Å². The van der Waals surface area contributed by atoms with Crippen molar-refractivity contribution < 1.29 is 14.3 Å². The zero-order valence-corrected chi connectivity index (χ0v) is 13.2. The number of rotatable bonds is 4. The van der Waals surface area contributed by atoms with Crippen LogP contribution in [-0.4, -0.2) is 13.1 Å². The van der Waals surface area contributed by atoms with Crippen molar-refractivity contribution in [3.05, 3.63) is 77.9 Å². The summed E-state index contributed by atoms with van der Waals surface area (Å²) in [6.45, 7) is 4.31. The van der Waals surface area contributed by atoms with E-state index in [4.69, 9.17) is 9.47 Å². The molecule has 23 heavy (non-hydrogen) atoms. The molecule has 0 amide bonds. The summed E-state index contributed by atoms with van der Waals surface area (Å²) in [6, 6.07) is 16.0. The normalized spacial score (nSPS) is 17.0. The van der Waals surface area contributed by atoms with Gasteiger partial charge in [0.05, 0.1) is 13.0 Å². The molecule has 2 aromatic rings. The van der Waals surface area contributed by atoms with E-state index < -0.39 is 0 Å². The zero-order chi connectivity index (χ0) is 16.2. The van der Waals surface area contributed by atoms with Crippen LogP contribution < -0.4 is 4.74 Å². The molecular weight excluding hydrogens is 288 g/mol. The van der Waals surface area contributed by atoms with Crippen LogP contribution in [0.3, 0.4) is 0 Å². The number of allylic oxidation sites excluding steroid dienone is 1. The Morgan fingerprint density at radius 2 is 1.96 bits per heavy atom. The lowest BCUT2D eigenvalue weighted by Gasteiger charge is -2.26. The van der Waals surface area contributed by atoms with E-state index in [1.54, 1.807) is 6.08 Å². The highest BCUT2D eigenvalue weighted by atomic mass is 16.5. The number of benzene rings is 2. The average molecular weight is 308 g/mol. The Bertz CT molecular complexity index is 673. The number of fused-ring (bicyclic) bond motifs is 2. The number of hydrogen-bond acceptors (Lipinski definition) is 3. The second kappa shape index (κ2) is 6.69. The van der Waals surface area contributed by atoms with Gasteiger partial charge in [-0.05, 0) is 23.6 Å². The maximum Gasteiger partial charge on any atom is 0.309 e. The molecule has 0 aliphatic carbocycles. The first-order valence-corrected chi connectivity index (χ1v) is 7.74. The van der Waals surface area contributed by atoms with Gasteiger partial charge in [-0.2, -0.15) is 0 Å². The molecule has 0 bridgehead atoms. The summed E-state index contributed by atoms with van der Waals surface area (Å²) in [4.78, 5) is 12.4. The number of carbonyl (C=O) groups excluding carboxylic acids is 1. The molecule has 1 aliphatic heterocycles. The molecule has 3 heteroatoms. The zero-order valence-electron chi connectivity index (χ0n) is 13.2. The molecule has 3 rings (SSSR count). The van der Waals surface area contributed by atoms with Gasteiger partial charge in [-0.25, -0.2) is 0 Å². The van der Waals surface area contributed by atoms with Crippen LogP contribution in [0.5, 0.6) is 5.75 Å². The summed E-state index contributed by atoms with van der Waals surface area (Å²) < 4.78 is 11.0. The van der Waals surface area contributed by atoms with Crippen molar-refractivity contribution in [3.8, 4) is 5.75 Å². The third-order valence-electron chi connectivity index (χ3n) is 4.35. The van der Waals surface area contributed by atoms with Gasteiger partial charge in [0.25, 0.3) is 0 Å². The smallest absolute Gasteiger partial charge is 0.309 e. The van der Waals surface area contributed by atoms with Crippen molar-refractivity contribution in [2.75, 3.05) is 7.11 Å². The standard InChI is InChI=1S/C20H20O3/c1-3-8-17(20(21)22-2)19-15-10-5-4-9-14(15)13-23-18-12-7-6-11-16(18)19/h3-7,9-12,17,19H,1,8,13H2,2H3. The van der Waals surface area contributed by atoms with Gasteiger partial charge < -0.3 is 9.47 Å². The molecule has 0 saturated carbocycles.